The van der Waals surface area contributed by atoms with Gasteiger partial charge in [-0.25, -0.2) is 15.0 Å². The van der Waals surface area contributed by atoms with Gasteiger partial charge in [0.05, 0.1) is 24.4 Å². The lowest BCUT2D eigenvalue weighted by molar-refractivity contribution is -0.118. The van der Waals surface area contributed by atoms with Crippen molar-refractivity contribution in [3.05, 3.63) is 18.0 Å². The predicted octanol–water partition coefficient (Wildman–Crippen LogP) is -0.433. The number of hydrazine groups is 1. The van der Waals surface area contributed by atoms with Gasteiger partial charge in [0.2, 0.25) is 5.91 Å². The average Bonchev–Trinajstić information content (AvgIpc) is 2.58. The molecule has 0 radical (unpaired) electrons. The highest BCUT2D eigenvalue weighted by molar-refractivity contribution is 6.12. The minimum absolute atomic E-state index is 0.0172. The molecule has 1 aliphatic rings. The number of hydrogen-bond acceptors (Lipinski definition) is 5. The van der Waals surface area contributed by atoms with E-state index in [0.717, 1.165) is 0 Å². The van der Waals surface area contributed by atoms with Crippen molar-refractivity contribution >= 4 is 17.7 Å². The van der Waals surface area contributed by atoms with Crippen LogP contribution >= 0.6 is 0 Å². The number of nitrogens with zero attached hydrogens (tertiary/aromatic N) is 4. The normalized spacial score (nSPS) is 15.0. The summed E-state index contributed by atoms with van der Waals surface area (Å²) in [5, 5.41) is 17.2. The molecular weight excluding hydrogens is 196 g/mol. The highest BCUT2D eigenvalue weighted by Gasteiger charge is 2.26. The zero-order chi connectivity index (χ0) is 10.8. The fraction of sp³-hybridized carbons (Fsp3) is 0.125. The van der Waals surface area contributed by atoms with E-state index in [4.69, 9.17) is 10.7 Å². The third-order valence-electron chi connectivity index (χ3n) is 1.80. The van der Waals surface area contributed by atoms with E-state index < -0.39 is 0 Å². The predicted molar refractivity (Wildman–Crippen MR) is 49.7 cm³/mol. The Bertz CT molecular complexity index is 459. The van der Waals surface area contributed by atoms with Crippen LogP contribution in [-0.4, -0.2) is 21.7 Å². The molecule has 0 atom stereocenters. The van der Waals surface area contributed by atoms with E-state index in [1.807, 2.05) is 6.07 Å². The summed E-state index contributed by atoms with van der Waals surface area (Å²) >= 11 is 0. The maximum atomic E-state index is 11.0. The number of amides is 1. The van der Waals surface area contributed by atoms with Crippen molar-refractivity contribution in [1.29, 1.82) is 10.7 Å². The summed E-state index contributed by atoms with van der Waals surface area (Å²) in [6, 6.07) is 1.88. The number of rotatable bonds is 1. The van der Waals surface area contributed by atoms with Gasteiger partial charge in [0.15, 0.2) is 0 Å². The summed E-state index contributed by atoms with van der Waals surface area (Å²) in [5.74, 6) is 0.00233. The fourth-order valence-electron chi connectivity index (χ4n) is 1.13. The standard InChI is InChI=1S/C8H6N6O/c9-2-5-3-11-8(12-4-5)14-6(10)1-7(15)13-14/h3-4,10H,1H2,(H,13,15). The Labute approximate surface area is 84.8 Å². The molecule has 2 heterocycles. The van der Waals surface area contributed by atoms with Gasteiger partial charge in [-0.15, -0.1) is 0 Å². The van der Waals surface area contributed by atoms with Gasteiger partial charge >= 0.3 is 0 Å². The van der Waals surface area contributed by atoms with E-state index in [1.165, 1.54) is 17.4 Å². The van der Waals surface area contributed by atoms with Crippen molar-refractivity contribution in [2.24, 2.45) is 0 Å². The molecule has 0 aliphatic carbocycles. The van der Waals surface area contributed by atoms with E-state index in [9.17, 15) is 4.79 Å². The second-order valence-electron chi connectivity index (χ2n) is 2.88. The van der Waals surface area contributed by atoms with E-state index in [-0.39, 0.29) is 24.1 Å². The van der Waals surface area contributed by atoms with Crippen LogP contribution in [-0.2, 0) is 4.79 Å². The number of nitriles is 1. The molecule has 15 heavy (non-hydrogen) atoms. The Morgan fingerprint density at radius 3 is 2.67 bits per heavy atom. The van der Waals surface area contributed by atoms with Gasteiger partial charge in [-0.1, -0.05) is 0 Å². The summed E-state index contributed by atoms with van der Waals surface area (Å²) in [5.41, 5.74) is 2.75. The molecule has 0 bridgehead atoms. The van der Waals surface area contributed by atoms with Crippen molar-refractivity contribution in [2.45, 2.75) is 6.42 Å². The Hall–Kier alpha value is -2.49. The third-order valence-corrected chi connectivity index (χ3v) is 1.80. The molecule has 1 amide bonds. The lowest BCUT2D eigenvalue weighted by Gasteiger charge is -2.13. The SMILES string of the molecule is N#Cc1cnc(N2NC(=O)CC2=N)nc1. The Morgan fingerprint density at radius 1 is 1.53 bits per heavy atom. The fourth-order valence-corrected chi connectivity index (χ4v) is 1.13. The van der Waals surface area contributed by atoms with Gasteiger partial charge in [0, 0.05) is 0 Å². The molecule has 0 spiro atoms. The third kappa shape index (κ3) is 1.60. The summed E-state index contributed by atoms with van der Waals surface area (Å²) in [4.78, 5) is 18.7. The molecule has 1 aliphatic heterocycles. The highest BCUT2D eigenvalue weighted by Crippen LogP contribution is 2.10. The van der Waals surface area contributed by atoms with Gasteiger partial charge in [0.25, 0.3) is 5.95 Å². The molecule has 1 saturated heterocycles. The number of amidine groups is 1. The molecule has 7 heteroatoms. The van der Waals surface area contributed by atoms with Crippen molar-refractivity contribution in [3.63, 3.8) is 0 Å². The first-order chi connectivity index (χ1) is 7.20. The highest BCUT2D eigenvalue weighted by atomic mass is 16.2. The van der Waals surface area contributed by atoms with Crippen LogP contribution in [0.1, 0.15) is 12.0 Å². The zero-order valence-electron chi connectivity index (χ0n) is 7.56. The van der Waals surface area contributed by atoms with E-state index in [2.05, 4.69) is 15.4 Å². The molecule has 2 rings (SSSR count). The Balaban J connectivity index is 2.27. The largest absolute Gasteiger partial charge is 0.286 e. The van der Waals surface area contributed by atoms with E-state index >= 15 is 0 Å². The van der Waals surface area contributed by atoms with Gasteiger partial charge < -0.3 is 0 Å². The van der Waals surface area contributed by atoms with Crippen LogP contribution in [0.25, 0.3) is 0 Å². The van der Waals surface area contributed by atoms with Crippen LogP contribution in [0.4, 0.5) is 5.95 Å². The lowest BCUT2D eigenvalue weighted by Crippen LogP contribution is -2.36. The van der Waals surface area contributed by atoms with Gasteiger partial charge in [0.1, 0.15) is 11.9 Å². The molecule has 7 nitrogen and oxygen atoms in total. The quantitative estimate of drug-likeness (QED) is 0.642. The monoisotopic (exact) mass is 202 g/mol. The number of carbonyl (C=O) groups is 1. The first-order valence-corrected chi connectivity index (χ1v) is 4.10. The van der Waals surface area contributed by atoms with Crippen molar-refractivity contribution in [1.82, 2.24) is 15.4 Å². The second kappa shape index (κ2) is 3.34. The van der Waals surface area contributed by atoms with Crippen molar-refractivity contribution in [2.75, 3.05) is 5.01 Å². The van der Waals surface area contributed by atoms with E-state index in [0.29, 0.717) is 5.56 Å². The van der Waals surface area contributed by atoms with Crippen molar-refractivity contribution in [3.8, 4) is 6.07 Å². The van der Waals surface area contributed by atoms with E-state index in [1.54, 1.807) is 0 Å². The molecule has 0 aromatic carbocycles. The second-order valence-corrected chi connectivity index (χ2v) is 2.88. The smallest absolute Gasteiger partial charge is 0.250 e. The average molecular weight is 202 g/mol. The molecule has 0 saturated carbocycles. The maximum Gasteiger partial charge on any atom is 0.250 e. The van der Waals surface area contributed by atoms with Crippen LogP contribution in [0.5, 0.6) is 0 Å². The topological polar surface area (TPSA) is 106 Å². The lowest BCUT2D eigenvalue weighted by atomic mass is 10.4. The number of carbonyl (C=O) groups excluding carboxylic acids is 1. The molecule has 1 aromatic rings. The summed E-state index contributed by atoms with van der Waals surface area (Å²) < 4.78 is 0. The number of anilines is 1. The van der Waals surface area contributed by atoms with Gasteiger partial charge in [-0.05, 0) is 0 Å². The summed E-state index contributed by atoms with van der Waals surface area (Å²) in [6.07, 6.45) is 2.68. The first-order valence-electron chi connectivity index (χ1n) is 4.10. The molecule has 0 unspecified atom stereocenters. The number of aromatic nitrogens is 2. The molecular formula is C8H6N6O. The number of nitrogens with one attached hydrogen (secondary N) is 2. The van der Waals surface area contributed by atoms with Gasteiger partial charge in [-0.3, -0.25) is 15.6 Å². The van der Waals surface area contributed by atoms with Crippen LogP contribution in [0.2, 0.25) is 0 Å². The van der Waals surface area contributed by atoms with Crippen LogP contribution in [0.3, 0.4) is 0 Å². The molecule has 1 fully saturated rings. The molecule has 74 valence electrons. The van der Waals surface area contributed by atoms with Crippen LogP contribution in [0, 0.1) is 16.7 Å². The van der Waals surface area contributed by atoms with Crippen molar-refractivity contribution < 1.29 is 4.79 Å². The summed E-state index contributed by atoms with van der Waals surface area (Å²) in [6.45, 7) is 0. The van der Waals surface area contributed by atoms with Gasteiger partial charge in [-0.2, -0.15) is 5.26 Å². The van der Waals surface area contributed by atoms with Crippen LogP contribution in [0.15, 0.2) is 12.4 Å². The Kier molecular flexibility index (Phi) is 2.02. The zero-order valence-corrected chi connectivity index (χ0v) is 7.56. The molecule has 1 aromatic heterocycles. The number of hydrogen-bond donors (Lipinski definition) is 2. The first kappa shape index (κ1) is 9.08. The van der Waals surface area contributed by atoms with Crippen LogP contribution < -0.4 is 10.4 Å². The summed E-state index contributed by atoms with van der Waals surface area (Å²) in [7, 11) is 0. The Morgan fingerprint density at radius 2 is 2.20 bits per heavy atom. The molecule has 2 N–H and O–H groups in total. The minimum atomic E-state index is -0.270. The maximum absolute atomic E-state index is 11.0. The minimum Gasteiger partial charge on any atom is -0.286 e.